The molecule has 0 unspecified atom stereocenters. The van der Waals surface area contributed by atoms with Gasteiger partial charge in [0, 0.05) is 13.1 Å². The van der Waals surface area contributed by atoms with Crippen LogP contribution >= 0.6 is 11.6 Å². The molecule has 19 heavy (non-hydrogen) atoms. The van der Waals surface area contributed by atoms with Crippen LogP contribution in [0.2, 0.25) is 5.02 Å². The fourth-order valence-electron chi connectivity index (χ4n) is 2.78. The zero-order valence-electron chi connectivity index (χ0n) is 11.8. The van der Waals surface area contributed by atoms with Crippen molar-refractivity contribution in [3.05, 3.63) is 16.4 Å². The van der Waals surface area contributed by atoms with Crippen molar-refractivity contribution in [2.45, 2.75) is 58.7 Å². The minimum Gasteiger partial charge on any atom is -0.393 e. The highest BCUT2D eigenvalue weighted by Gasteiger charge is 2.19. The van der Waals surface area contributed by atoms with E-state index in [0.717, 1.165) is 61.7 Å². The van der Waals surface area contributed by atoms with Crippen LogP contribution in [0.15, 0.2) is 0 Å². The highest BCUT2D eigenvalue weighted by Crippen LogP contribution is 2.24. The number of aryl methyl sites for hydroxylation is 2. The molecule has 2 rings (SSSR count). The minimum atomic E-state index is -0.0742. The third-order valence-electron chi connectivity index (χ3n) is 3.99. The van der Waals surface area contributed by atoms with Gasteiger partial charge in [-0.1, -0.05) is 11.6 Å². The summed E-state index contributed by atoms with van der Waals surface area (Å²) >= 11 is 6.28. The Bertz CT molecular complexity index is 411. The van der Waals surface area contributed by atoms with E-state index in [1.165, 1.54) is 0 Å². The van der Waals surface area contributed by atoms with Gasteiger partial charge in [-0.3, -0.25) is 4.68 Å². The van der Waals surface area contributed by atoms with E-state index < -0.39 is 0 Å². The summed E-state index contributed by atoms with van der Waals surface area (Å²) in [4.78, 5) is 0. The first-order chi connectivity index (χ1) is 9.11. The van der Waals surface area contributed by atoms with E-state index in [0.29, 0.717) is 5.92 Å². The van der Waals surface area contributed by atoms with Crippen molar-refractivity contribution in [1.29, 1.82) is 0 Å². The van der Waals surface area contributed by atoms with Crippen molar-refractivity contribution in [2.75, 3.05) is 6.54 Å². The monoisotopic (exact) mass is 285 g/mol. The van der Waals surface area contributed by atoms with Gasteiger partial charge in [-0.05, 0) is 52.0 Å². The highest BCUT2D eigenvalue weighted by molar-refractivity contribution is 6.31. The second-order valence-corrected chi connectivity index (χ2v) is 5.85. The van der Waals surface area contributed by atoms with Gasteiger partial charge in [0.05, 0.1) is 22.5 Å². The molecule has 1 aliphatic rings. The van der Waals surface area contributed by atoms with Gasteiger partial charge in [0.25, 0.3) is 0 Å². The molecule has 0 aromatic carbocycles. The van der Waals surface area contributed by atoms with Crippen LogP contribution in [0.25, 0.3) is 0 Å². The third-order valence-corrected chi connectivity index (χ3v) is 4.49. The molecule has 1 saturated carbocycles. The Morgan fingerprint density at radius 3 is 2.68 bits per heavy atom. The molecule has 0 bridgehead atoms. The van der Waals surface area contributed by atoms with Gasteiger partial charge in [-0.25, -0.2) is 0 Å². The maximum atomic E-state index is 9.49. The van der Waals surface area contributed by atoms with E-state index >= 15 is 0 Å². The van der Waals surface area contributed by atoms with Gasteiger partial charge >= 0.3 is 0 Å². The molecule has 0 aliphatic heterocycles. The molecule has 0 saturated heterocycles. The van der Waals surface area contributed by atoms with Gasteiger partial charge in [0.15, 0.2) is 0 Å². The number of rotatable bonds is 5. The number of nitrogens with zero attached hydrogens (tertiary/aromatic N) is 2. The number of aliphatic hydroxyl groups is 1. The van der Waals surface area contributed by atoms with Crippen molar-refractivity contribution in [3.8, 4) is 0 Å². The van der Waals surface area contributed by atoms with Crippen molar-refractivity contribution in [3.63, 3.8) is 0 Å². The first kappa shape index (κ1) is 14.8. The maximum absolute atomic E-state index is 9.49. The maximum Gasteiger partial charge on any atom is 0.0860 e. The van der Waals surface area contributed by atoms with Crippen molar-refractivity contribution in [1.82, 2.24) is 15.1 Å². The quantitative estimate of drug-likeness (QED) is 0.874. The Hall–Kier alpha value is -0.580. The lowest BCUT2D eigenvalue weighted by atomic mass is 9.87. The average Bonchev–Trinajstić information content (AvgIpc) is 2.68. The van der Waals surface area contributed by atoms with Crippen LogP contribution in [-0.2, 0) is 13.1 Å². The molecule has 1 aromatic heterocycles. The molecule has 0 atom stereocenters. The van der Waals surface area contributed by atoms with Crippen LogP contribution in [0.5, 0.6) is 0 Å². The summed E-state index contributed by atoms with van der Waals surface area (Å²) in [6.45, 7) is 6.64. The molecule has 1 aromatic rings. The number of nitrogens with one attached hydrogen (secondary N) is 1. The molecule has 1 aliphatic carbocycles. The van der Waals surface area contributed by atoms with Crippen LogP contribution in [0.3, 0.4) is 0 Å². The Kier molecular flexibility index (Phi) is 5.25. The minimum absolute atomic E-state index is 0.0742. The van der Waals surface area contributed by atoms with Crippen LogP contribution < -0.4 is 5.32 Å². The molecule has 108 valence electrons. The smallest absolute Gasteiger partial charge is 0.0860 e. The molecule has 2 N–H and O–H groups in total. The third kappa shape index (κ3) is 3.71. The average molecular weight is 286 g/mol. The number of hydrogen-bond acceptors (Lipinski definition) is 3. The van der Waals surface area contributed by atoms with Crippen LogP contribution in [0, 0.1) is 12.8 Å². The summed E-state index contributed by atoms with van der Waals surface area (Å²) in [5, 5.41) is 18.2. The Balaban J connectivity index is 1.82. The second-order valence-electron chi connectivity index (χ2n) is 5.47. The number of aromatic nitrogens is 2. The van der Waals surface area contributed by atoms with Crippen molar-refractivity contribution in [2.24, 2.45) is 5.92 Å². The van der Waals surface area contributed by atoms with Crippen LogP contribution in [-0.4, -0.2) is 27.5 Å². The molecule has 1 fully saturated rings. The largest absolute Gasteiger partial charge is 0.393 e. The van der Waals surface area contributed by atoms with Crippen LogP contribution in [0.4, 0.5) is 0 Å². The zero-order chi connectivity index (χ0) is 13.8. The van der Waals surface area contributed by atoms with Crippen molar-refractivity contribution < 1.29 is 5.11 Å². The molecular weight excluding hydrogens is 262 g/mol. The molecule has 0 amide bonds. The molecule has 0 spiro atoms. The fourth-order valence-corrected chi connectivity index (χ4v) is 2.98. The van der Waals surface area contributed by atoms with Gasteiger partial charge < -0.3 is 10.4 Å². The van der Waals surface area contributed by atoms with Crippen LogP contribution in [0.1, 0.15) is 44.0 Å². The standard InChI is InChI=1S/C14H24ClN3O/c1-3-18-13(14(15)10(2)17-18)9-16-8-11-4-6-12(19)7-5-11/h11-12,16,19H,3-9H2,1-2H3. The Morgan fingerprint density at radius 1 is 1.37 bits per heavy atom. The zero-order valence-corrected chi connectivity index (χ0v) is 12.6. The first-order valence-electron chi connectivity index (χ1n) is 7.22. The lowest BCUT2D eigenvalue weighted by Gasteiger charge is -2.25. The molecule has 1 heterocycles. The summed E-state index contributed by atoms with van der Waals surface area (Å²) < 4.78 is 1.97. The Labute approximate surface area is 120 Å². The molecular formula is C14H24ClN3O. The van der Waals surface area contributed by atoms with E-state index in [1.807, 2.05) is 11.6 Å². The highest BCUT2D eigenvalue weighted by atomic mass is 35.5. The van der Waals surface area contributed by atoms with Crippen molar-refractivity contribution >= 4 is 11.6 Å². The first-order valence-corrected chi connectivity index (χ1v) is 7.60. The van der Waals surface area contributed by atoms with Gasteiger partial charge in [0.2, 0.25) is 0 Å². The predicted molar refractivity (Wildman–Crippen MR) is 77.3 cm³/mol. The van der Waals surface area contributed by atoms with E-state index in [2.05, 4.69) is 17.3 Å². The Morgan fingerprint density at radius 2 is 2.05 bits per heavy atom. The number of hydrogen-bond donors (Lipinski definition) is 2. The van der Waals surface area contributed by atoms with E-state index in [1.54, 1.807) is 0 Å². The van der Waals surface area contributed by atoms with E-state index in [-0.39, 0.29) is 6.10 Å². The molecule has 5 heteroatoms. The summed E-state index contributed by atoms with van der Waals surface area (Å²) in [5.74, 6) is 0.682. The fraction of sp³-hybridized carbons (Fsp3) is 0.786. The van der Waals surface area contributed by atoms with Gasteiger partial charge in [-0.15, -0.1) is 0 Å². The summed E-state index contributed by atoms with van der Waals surface area (Å²) in [6, 6.07) is 0. The summed E-state index contributed by atoms with van der Waals surface area (Å²) in [6.07, 6.45) is 4.05. The summed E-state index contributed by atoms with van der Waals surface area (Å²) in [5.41, 5.74) is 1.98. The SMILES string of the molecule is CCn1nc(C)c(Cl)c1CNCC1CCC(O)CC1. The number of halogens is 1. The predicted octanol–water partition coefficient (Wildman–Crippen LogP) is 2.51. The summed E-state index contributed by atoms with van der Waals surface area (Å²) in [7, 11) is 0. The molecule has 4 nitrogen and oxygen atoms in total. The van der Waals surface area contributed by atoms with Gasteiger partial charge in [0.1, 0.15) is 0 Å². The lowest BCUT2D eigenvalue weighted by Crippen LogP contribution is -2.28. The van der Waals surface area contributed by atoms with E-state index in [4.69, 9.17) is 11.6 Å². The molecule has 0 radical (unpaired) electrons. The number of aliphatic hydroxyl groups excluding tert-OH is 1. The topological polar surface area (TPSA) is 50.1 Å². The second kappa shape index (κ2) is 6.73. The van der Waals surface area contributed by atoms with Gasteiger partial charge in [-0.2, -0.15) is 5.10 Å². The normalized spacial score (nSPS) is 23.8. The van der Waals surface area contributed by atoms with E-state index in [9.17, 15) is 5.11 Å². The lowest BCUT2D eigenvalue weighted by molar-refractivity contribution is 0.108.